The maximum Gasteiger partial charge on any atom is 0.257 e. The van der Waals surface area contributed by atoms with Crippen LogP contribution in [0, 0.1) is 6.92 Å². The molecule has 0 unspecified atom stereocenters. The number of benzene rings is 1. The van der Waals surface area contributed by atoms with Crippen molar-refractivity contribution in [3.8, 4) is 5.75 Å². The lowest BCUT2D eigenvalue weighted by Crippen LogP contribution is -2.27. The van der Waals surface area contributed by atoms with E-state index >= 15 is 0 Å². The Hall–Kier alpha value is -2.34. The SMILES string of the molecule is Cc1cc(CN(C)C(=O)c2ccccc2OC[C@@H]2CCCO2)no1. The summed E-state index contributed by atoms with van der Waals surface area (Å²) < 4.78 is 16.4. The summed E-state index contributed by atoms with van der Waals surface area (Å²) >= 11 is 0. The van der Waals surface area contributed by atoms with Gasteiger partial charge in [-0.2, -0.15) is 0 Å². The molecule has 0 bridgehead atoms. The van der Waals surface area contributed by atoms with E-state index < -0.39 is 0 Å². The van der Waals surface area contributed by atoms with Gasteiger partial charge in [0.05, 0.1) is 18.2 Å². The first kappa shape index (κ1) is 16.5. The lowest BCUT2D eigenvalue weighted by atomic mass is 10.1. The minimum atomic E-state index is -0.112. The predicted molar refractivity (Wildman–Crippen MR) is 87.9 cm³/mol. The summed E-state index contributed by atoms with van der Waals surface area (Å²) in [7, 11) is 1.74. The average molecular weight is 330 g/mol. The van der Waals surface area contributed by atoms with Crippen molar-refractivity contribution < 1.29 is 18.8 Å². The summed E-state index contributed by atoms with van der Waals surface area (Å²) in [5, 5.41) is 3.93. The van der Waals surface area contributed by atoms with E-state index in [1.165, 1.54) is 0 Å². The zero-order valence-electron chi connectivity index (χ0n) is 14.0. The Labute approximate surface area is 141 Å². The molecule has 0 aliphatic carbocycles. The molecule has 128 valence electrons. The Morgan fingerprint density at radius 2 is 2.25 bits per heavy atom. The van der Waals surface area contributed by atoms with E-state index in [4.69, 9.17) is 14.0 Å². The molecule has 2 heterocycles. The fourth-order valence-corrected chi connectivity index (χ4v) is 2.74. The minimum absolute atomic E-state index is 0.112. The second-order valence-electron chi connectivity index (χ2n) is 6.03. The van der Waals surface area contributed by atoms with Crippen molar-refractivity contribution >= 4 is 5.91 Å². The highest BCUT2D eigenvalue weighted by Crippen LogP contribution is 2.22. The number of hydrogen-bond donors (Lipinski definition) is 0. The van der Waals surface area contributed by atoms with Crippen LogP contribution in [-0.4, -0.2) is 42.3 Å². The number of nitrogens with zero attached hydrogens (tertiary/aromatic N) is 2. The smallest absolute Gasteiger partial charge is 0.257 e. The highest BCUT2D eigenvalue weighted by Gasteiger charge is 2.20. The zero-order chi connectivity index (χ0) is 16.9. The van der Waals surface area contributed by atoms with Crippen molar-refractivity contribution in [3.63, 3.8) is 0 Å². The van der Waals surface area contributed by atoms with Crippen molar-refractivity contribution in [2.24, 2.45) is 0 Å². The predicted octanol–water partition coefficient (Wildman–Crippen LogP) is 2.81. The highest BCUT2D eigenvalue weighted by atomic mass is 16.5. The van der Waals surface area contributed by atoms with Crippen molar-refractivity contribution in [3.05, 3.63) is 47.3 Å². The molecule has 2 aromatic rings. The third-order valence-corrected chi connectivity index (χ3v) is 3.99. The number of ether oxygens (including phenoxy) is 2. The molecule has 1 saturated heterocycles. The van der Waals surface area contributed by atoms with Crippen LogP contribution in [0.3, 0.4) is 0 Å². The van der Waals surface area contributed by atoms with E-state index in [1.807, 2.05) is 31.2 Å². The lowest BCUT2D eigenvalue weighted by Gasteiger charge is -2.19. The molecule has 1 aromatic carbocycles. The van der Waals surface area contributed by atoms with Gasteiger partial charge in [-0.25, -0.2) is 0 Å². The van der Waals surface area contributed by atoms with Crippen molar-refractivity contribution in [1.29, 1.82) is 0 Å². The Balaban J connectivity index is 1.66. The number of aromatic nitrogens is 1. The summed E-state index contributed by atoms with van der Waals surface area (Å²) in [6.45, 7) is 3.47. The van der Waals surface area contributed by atoms with Crippen LogP contribution in [0.15, 0.2) is 34.9 Å². The van der Waals surface area contributed by atoms with E-state index in [-0.39, 0.29) is 12.0 Å². The first-order valence-electron chi connectivity index (χ1n) is 8.14. The summed E-state index contributed by atoms with van der Waals surface area (Å²) in [6.07, 6.45) is 2.18. The topological polar surface area (TPSA) is 64.8 Å². The number of carbonyl (C=O) groups is 1. The first-order valence-corrected chi connectivity index (χ1v) is 8.14. The molecule has 1 atom stereocenters. The molecule has 0 radical (unpaired) electrons. The summed E-state index contributed by atoms with van der Waals surface area (Å²) in [6, 6.07) is 9.11. The second kappa shape index (κ2) is 7.49. The second-order valence-corrected chi connectivity index (χ2v) is 6.03. The van der Waals surface area contributed by atoms with E-state index in [0.29, 0.717) is 24.5 Å². The van der Waals surface area contributed by atoms with Crippen LogP contribution in [0.1, 0.15) is 34.7 Å². The van der Waals surface area contributed by atoms with Crippen LogP contribution in [0.4, 0.5) is 0 Å². The van der Waals surface area contributed by atoms with Crippen molar-refractivity contribution in [2.75, 3.05) is 20.3 Å². The van der Waals surface area contributed by atoms with Gasteiger partial charge in [0, 0.05) is 19.7 Å². The standard InChI is InChI=1S/C18H22N2O4/c1-13-10-14(19-24-13)11-20(2)18(21)16-7-3-4-8-17(16)23-12-15-6-5-9-22-15/h3-4,7-8,10,15H,5-6,9,11-12H2,1-2H3/t15-/m0/s1. The van der Waals surface area contributed by atoms with Gasteiger partial charge in [0.15, 0.2) is 0 Å². The van der Waals surface area contributed by atoms with Crippen molar-refractivity contribution in [1.82, 2.24) is 10.1 Å². The largest absolute Gasteiger partial charge is 0.490 e. The average Bonchev–Trinajstić information content (AvgIpc) is 3.24. The lowest BCUT2D eigenvalue weighted by molar-refractivity contribution is 0.0656. The van der Waals surface area contributed by atoms with Gasteiger partial charge in [-0.15, -0.1) is 0 Å². The molecule has 1 fully saturated rings. The fraction of sp³-hybridized carbons (Fsp3) is 0.444. The van der Waals surface area contributed by atoms with Crippen molar-refractivity contribution in [2.45, 2.75) is 32.4 Å². The fourth-order valence-electron chi connectivity index (χ4n) is 2.74. The van der Waals surface area contributed by atoms with Crippen LogP contribution < -0.4 is 4.74 Å². The quantitative estimate of drug-likeness (QED) is 0.815. The maximum absolute atomic E-state index is 12.7. The molecule has 1 aliphatic rings. The Kier molecular flexibility index (Phi) is 5.15. The number of aryl methyl sites for hydroxylation is 1. The van der Waals surface area contributed by atoms with Gasteiger partial charge in [-0.3, -0.25) is 4.79 Å². The summed E-state index contributed by atoms with van der Waals surface area (Å²) in [5.41, 5.74) is 1.26. The molecule has 3 rings (SSSR count). The third kappa shape index (κ3) is 3.94. The Morgan fingerprint density at radius 1 is 1.42 bits per heavy atom. The zero-order valence-corrected chi connectivity index (χ0v) is 14.0. The first-order chi connectivity index (χ1) is 11.6. The van der Waals surface area contributed by atoms with Gasteiger partial charge in [0.1, 0.15) is 23.8 Å². The summed E-state index contributed by atoms with van der Waals surface area (Å²) in [5.74, 6) is 1.20. The number of carbonyl (C=O) groups excluding carboxylic acids is 1. The van der Waals surface area contributed by atoms with Gasteiger partial charge >= 0.3 is 0 Å². The normalized spacial score (nSPS) is 17.0. The highest BCUT2D eigenvalue weighted by molar-refractivity contribution is 5.96. The number of para-hydroxylation sites is 1. The molecular weight excluding hydrogens is 308 g/mol. The maximum atomic E-state index is 12.7. The molecule has 1 aliphatic heterocycles. The van der Waals surface area contributed by atoms with Crippen LogP contribution in [0.25, 0.3) is 0 Å². The third-order valence-electron chi connectivity index (χ3n) is 3.99. The van der Waals surface area contributed by atoms with Gasteiger partial charge in [0.25, 0.3) is 5.91 Å². The molecule has 0 spiro atoms. The molecule has 1 amide bonds. The molecular formula is C18H22N2O4. The van der Waals surface area contributed by atoms with Gasteiger partial charge < -0.3 is 18.9 Å². The number of hydrogen-bond acceptors (Lipinski definition) is 5. The Bertz CT molecular complexity index is 692. The molecule has 0 saturated carbocycles. The number of rotatable bonds is 6. The molecule has 6 nitrogen and oxygen atoms in total. The Morgan fingerprint density at radius 3 is 2.96 bits per heavy atom. The molecule has 0 N–H and O–H groups in total. The van der Waals surface area contributed by atoms with Gasteiger partial charge in [-0.1, -0.05) is 17.3 Å². The van der Waals surface area contributed by atoms with E-state index in [0.717, 1.165) is 30.9 Å². The van der Waals surface area contributed by atoms with Gasteiger partial charge in [0.2, 0.25) is 0 Å². The van der Waals surface area contributed by atoms with E-state index in [1.54, 1.807) is 18.0 Å². The minimum Gasteiger partial charge on any atom is -0.490 e. The molecule has 1 aromatic heterocycles. The van der Waals surface area contributed by atoms with Crippen LogP contribution >= 0.6 is 0 Å². The van der Waals surface area contributed by atoms with Gasteiger partial charge in [-0.05, 0) is 31.9 Å². The van der Waals surface area contributed by atoms with Crippen LogP contribution in [0.5, 0.6) is 5.75 Å². The molecule has 24 heavy (non-hydrogen) atoms. The number of amides is 1. The summed E-state index contributed by atoms with van der Waals surface area (Å²) in [4.78, 5) is 14.3. The van der Waals surface area contributed by atoms with E-state index in [9.17, 15) is 4.79 Å². The van der Waals surface area contributed by atoms with Crippen LogP contribution in [0.2, 0.25) is 0 Å². The molecule has 6 heteroatoms. The monoisotopic (exact) mass is 330 g/mol. The van der Waals surface area contributed by atoms with Crippen LogP contribution in [-0.2, 0) is 11.3 Å². The van der Waals surface area contributed by atoms with E-state index in [2.05, 4.69) is 5.16 Å².